The third-order valence-corrected chi connectivity index (χ3v) is 7.12. The summed E-state index contributed by atoms with van der Waals surface area (Å²) < 4.78 is 22.7. The molecule has 0 atom stereocenters. The van der Waals surface area contributed by atoms with E-state index in [1.165, 1.54) is 15.6 Å². The average Bonchev–Trinajstić information content (AvgIpc) is 3.60. The minimum absolute atomic E-state index is 0. The molecule has 5 heteroatoms. The summed E-state index contributed by atoms with van der Waals surface area (Å²) >= 11 is 1.70. The van der Waals surface area contributed by atoms with Gasteiger partial charge >= 0.3 is 0 Å². The number of aromatic nitrogens is 2. The van der Waals surface area contributed by atoms with E-state index in [9.17, 15) is 0 Å². The third-order valence-electron chi connectivity index (χ3n) is 6.24. The van der Waals surface area contributed by atoms with Crippen molar-refractivity contribution in [2.45, 2.75) is 20.7 Å². The monoisotopic (exact) mass is 691 g/mol. The van der Waals surface area contributed by atoms with E-state index in [1.807, 2.05) is 61.7 Å². The van der Waals surface area contributed by atoms with E-state index in [0.29, 0.717) is 0 Å². The standard InChI is InChI=1S/C21H14NOS.C12H10N.Ir/c1-12-8-18(22-11-13(12)2)16-5-3-4-15-17-9-14-6-7-24-20(14)10-19(17)23-21(15)16;1-10-7-8-12(13-9-10)11-5-3-2-4-6-11;/h3-4,6-11H,1-2H3;2-5,7-9H,1H3;/q2*-1;/i1D,2D;;. The molecule has 7 rings (SSSR count). The van der Waals surface area contributed by atoms with Crippen molar-refractivity contribution in [1.29, 1.82) is 0 Å². The molecule has 0 bridgehead atoms. The summed E-state index contributed by atoms with van der Waals surface area (Å²) in [6, 6.07) is 30.5. The first-order valence-electron chi connectivity index (χ1n) is 13.3. The second-order valence-corrected chi connectivity index (χ2v) is 9.79. The molecule has 4 heterocycles. The largest absolute Gasteiger partial charge is 0.501 e. The Kier molecular flexibility index (Phi) is 6.80. The van der Waals surface area contributed by atoms with Gasteiger partial charge in [-0.05, 0) is 72.2 Å². The number of benzene rings is 3. The predicted octanol–water partition coefficient (Wildman–Crippen LogP) is 9.13. The summed E-state index contributed by atoms with van der Waals surface area (Å²) in [5.74, 6) is 0. The van der Waals surface area contributed by atoms with E-state index in [0.717, 1.165) is 55.6 Å². The molecule has 0 fully saturated rings. The minimum Gasteiger partial charge on any atom is -0.501 e. The van der Waals surface area contributed by atoms with Crippen LogP contribution in [0, 0.1) is 32.9 Å². The Morgan fingerprint density at radius 3 is 2.53 bits per heavy atom. The van der Waals surface area contributed by atoms with Crippen molar-refractivity contribution in [3.05, 3.63) is 119 Å². The third kappa shape index (κ3) is 5.06. The number of nitrogens with zero attached hydrogens (tertiary/aromatic N) is 2. The van der Waals surface area contributed by atoms with Crippen LogP contribution in [0.2, 0.25) is 0 Å². The maximum atomic E-state index is 7.72. The molecule has 0 aliphatic rings. The molecule has 0 saturated heterocycles. The van der Waals surface area contributed by atoms with Gasteiger partial charge in [-0.25, -0.2) is 0 Å². The molecule has 0 unspecified atom stereocenters. The average molecular weight is 691 g/mol. The quantitative estimate of drug-likeness (QED) is 0.170. The van der Waals surface area contributed by atoms with Crippen molar-refractivity contribution in [2.75, 3.05) is 0 Å². The van der Waals surface area contributed by atoms with Crippen LogP contribution >= 0.6 is 11.3 Å². The molecule has 3 aromatic carbocycles. The molecular formula is C33H24IrN2OS-2. The Bertz CT molecular complexity index is 1900. The van der Waals surface area contributed by atoms with Gasteiger partial charge < -0.3 is 14.4 Å². The van der Waals surface area contributed by atoms with Gasteiger partial charge in [-0.3, -0.25) is 0 Å². The molecule has 0 amide bonds. The molecule has 0 aliphatic carbocycles. The fourth-order valence-corrected chi connectivity index (χ4v) is 5.03. The number of thiophene rings is 1. The Morgan fingerprint density at radius 1 is 0.842 bits per heavy atom. The van der Waals surface area contributed by atoms with Crippen molar-refractivity contribution in [2.24, 2.45) is 0 Å². The van der Waals surface area contributed by atoms with E-state index in [1.54, 1.807) is 17.5 Å². The molecule has 38 heavy (non-hydrogen) atoms. The van der Waals surface area contributed by atoms with Crippen molar-refractivity contribution < 1.29 is 27.3 Å². The van der Waals surface area contributed by atoms with Crippen LogP contribution < -0.4 is 0 Å². The fraction of sp³-hybridized carbons (Fsp3) is 0.0909. The SMILES string of the molecule is Cc1ccc(-c2[c-]cccc2)nc1.[2H]Cc1cnc(-c2[c-]ccc3c2oc2cc4sccc4cc23)cc1C[2H].[Ir]. The van der Waals surface area contributed by atoms with Crippen molar-refractivity contribution in [1.82, 2.24) is 9.97 Å². The molecule has 7 aromatic rings. The fourth-order valence-electron chi connectivity index (χ4n) is 4.23. The summed E-state index contributed by atoms with van der Waals surface area (Å²) in [6.45, 7) is 2.30. The number of pyridine rings is 2. The van der Waals surface area contributed by atoms with Gasteiger partial charge in [0.25, 0.3) is 0 Å². The molecule has 0 aliphatic heterocycles. The molecule has 0 N–H and O–H groups in total. The first kappa shape index (κ1) is 23.5. The van der Waals surface area contributed by atoms with Crippen LogP contribution in [0.15, 0.2) is 95.0 Å². The molecule has 1 radical (unpaired) electrons. The van der Waals surface area contributed by atoms with E-state index in [2.05, 4.69) is 51.7 Å². The predicted molar refractivity (Wildman–Crippen MR) is 154 cm³/mol. The van der Waals surface area contributed by atoms with Gasteiger partial charge in [0.1, 0.15) is 5.58 Å². The van der Waals surface area contributed by atoms with Crippen LogP contribution in [-0.2, 0) is 20.1 Å². The normalized spacial score (nSPS) is 11.5. The molecule has 0 saturated carbocycles. The Morgan fingerprint density at radius 2 is 1.74 bits per heavy atom. The molecule has 189 valence electrons. The first-order valence-corrected chi connectivity index (χ1v) is 12.7. The van der Waals surface area contributed by atoms with E-state index in [-0.39, 0.29) is 33.9 Å². The zero-order valence-corrected chi connectivity index (χ0v) is 23.8. The van der Waals surface area contributed by atoms with Gasteiger partial charge in [0.2, 0.25) is 0 Å². The molecule has 4 aromatic heterocycles. The van der Waals surface area contributed by atoms with Gasteiger partial charge in [-0.2, -0.15) is 0 Å². The topological polar surface area (TPSA) is 38.9 Å². The van der Waals surface area contributed by atoms with Crippen LogP contribution in [0.3, 0.4) is 0 Å². The van der Waals surface area contributed by atoms with Crippen LogP contribution in [0.25, 0.3) is 54.5 Å². The second kappa shape index (κ2) is 11.0. The number of aryl methyl sites for hydroxylation is 3. The van der Waals surface area contributed by atoms with Crippen molar-refractivity contribution in [3.8, 4) is 22.5 Å². The van der Waals surface area contributed by atoms with E-state index in [4.69, 9.17) is 7.16 Å². The van der Waals surface area contributed by atoms with Crippen LogP contribution in [0.5, 0.6) is 0 Å². The van der Waals surface area contributed by atoms with Crippen LogP contribution in [-0.4, -0.2) is 9.97 Å². The maximum Gasteiger partial charge on any atom is 0.122 e. The van der Waals surface area contributed by atoms with Gasteiger partial charge in [0.05, 0.1) is 5.58 Å². The number of rotatable bonds is 2. The van der Waals surface area contributed by atoms with Gasteiger partial charge in [-0.1, -0.05) is 34.7 Å². The second-order valence-electron chi connectivity index (χ2n) is 8.84. The number of furan rings is 1. The van der Waals surface area contributed by atoms with Crippen LogP contribution in [0.1, 0.15) is 19.4 Å². The Labute approximate surface area is 242 Å². The Balaban J connectivity index is 0.000000195. The summed E-state index contributed by atoms with van der Waals surface area (Å²) in [7, 11) is 0. The summed E-state index contributed by atoms with van der Waals surface area (Å²) in [5, 5.41) is 5.43. The summed E-state index contributed by atoms with van der Waals surface area (Å²) in [5.41, 5.74) is 7.98. The zero-order chi connectivity index (χ0) is 26.8. The van der Waals surface area contributed by atoms with Crippen molar-refractivity contribution >= 4 is 43.4 Å². The number of hydrogen-bond acceptors (Lipinski definition) is 4. The molecular weight excluding hydrogens is 665 g/mol. The smallest absolute Gasteiger partial charge is 0.122 e. The molecule has 3 nitrogen and oxygen atoms in total. The number of fused-ring (bicyclic) bond motifs is 4. The van der Waals surface area contributed by atoms with Gasteiger partial charge in [0.15, 0.2) is 0 Å². The Hall–Kier alpha value is -3.63. The van der Waals surface area contributed by atoms with E-state index < -0.39 is 0 Å². The van der Waals surface area contributed by atoms with Crippen molar-refractivity contribution in [3.63, 3.8) is 0 Å². The first-order chi connectivity index (χ1) is 19.1. The molecule has 0 spiro atoms. The summed E-state index contributed by atoms with van der Waals surface area (Å²) in [4.78, 5) is 8.82. The maximum absolute atomic E-state index is 7.72. The van der Waals surface area contributed by atoms with Crippen LogP contribution in [0.4, 0.5) is 0 Å². The van der Waals surface area contributed by atoms with E-state index >= 15 is 0 Å². The number of hydrogen-bond donors (Lipinski definition) is 0. The minimum atomic E-state index is 0. The van der Waals surface area contributed by atoms with Gasteiger partial charge in [-0.15, -0.1) is 65.4 Å². The van der Waals surface area contributed by atoms with Gasteiger partial charge in [0, 0.05) is 45.3 Å². The summed E-state index contributed by atoms with van der Waals surface area (Å²) in [6.07, 6.45) is 3.56. The zero-order valence-electron chi connectivity index (χ0n) is 22.6.